The minimum atomic E-state index is -1.80. The quantitative estimate of drug-likeness (QED) is 0.0409. The van der Waals surface area contributed by atoms with Gasteiger partial charge in [0, 0.05) is 6.42 Å². The van der Waals surface area contributed by atoms with Crippen LogP contribution in [0.1, 0.15) is 90.9 Å². The topological polar surface area (TPSA) is 228 Å². The van der Waals surface area contributed by atoms with E-state index in [1.165, 1.54) is 0 Å². The predicted molar refractivity (Wildman–Crippen MR) is 221 cm³/mol. The van der Waals surface area contributed by atoms with Gasteiger partial charge in [-0.2, -0.15) is 0 Å². The lowest BCUT2D eigenvalue weighted by Gasteiger charge is -2.46. The Balaban J connectivity index is 1.87. The average Bonchev–Trinajstić information content (AvgIpc) is 3.22. The molecule has 0 aromatic rings. The number of amides is 1. The second-order valence-corrected chi connectivity index (χ2v) is 14.4. The van der Waals surface area contributed by atoms with Crippen molar-refractivity contribution in [2.45, 2.75) is 164 Å². The molecule has 58 heavy (non-hydrogen) atoms. The zero-order chi connectivity index (χ0) is 42.5. The number of hydrogen-bond acceptors (Lipinski definition) is 13. The minimum Gasteiger partial charge on any atom is -0.394 e. The Kier molecular flexibility index (Phi) is 27.5. The number of nitrogens with one attached hydrogen (secondary N) is 1. The van der Waals surface area contributed by atoms with Crippen LogP contribution in [0.15, 0.2) is 85.1 Å². The largest absolute Gasteiger partial charge is 0.394 e. The zero-order valence-electron chi connectivity index (χ0n) is 34.2. The molecule has 330 valence electrons. The molecule has 2 fully saturated rings. The Hall–Kier alpha value is -2.83. The van der Waals surface area contributed by atoms with Crippen molar-refractivity contribution in [2.75, 3.05) is 19.8 Å². The fourth-order valence-electron chi connectivity index (χ4n) is 6.13. The van der Waals surface area contributed by atoms with Crippen LogP contribution in [0.5, 0.6) is 0 Å². The van der Waals surface area contributed by atoms with Crippen molar-refractivity contribution in [1.29, 1.82) is 0 Å². The highest BCUT2D eigenvalue weighted by atomic mass is 16.7. The Morgan fingerprint density at radius 3 is 1.72 bits per heavy atom. The Morgan fingerprint density at radius 1 is 0.638 bits per heavy atom. The number of unbranched alkanes of at least 4 members (excludes halogenated alkanes) is 3. The smallest absolute Gasteiger partial charge is 0.220 e. The molecule has 0 saturated carbocycles. The molecule has 12 unspecified atom stereocenters. The molecule has 14 nitrogen and oxygen atoms in total. The lowest BCUT2D eigenvalue weighted by atomic mass is 9.97. The molecule has 14 heteroatoms. The molecule has 0 spiro atoms. The van der Waals surface area contributed by atoms with E-state index in [1.807, 2.05) is 18.2 Å². The minimum absolute atomic E-state index is 0.149. The number of ether oxygens (including phenoxy) is 4. The number of carbonyl (C=O) groups excluding carboxylic acids is 1. The van der Waals surface area contributed by atoms with Gasteiger partial charge in [-0.3, -0.25) is 4.79 Å². The molecule has 0 aromatic carbocycles. The van der Waals surface area contributed by atoms with Crippen LogP contribution in [-0.2, 0) is 23.7 Å². The van der Waals surface area contributed by atoms with E-state index in [0.29, 0.717) is 6.42 Å². The molecule has 2 aliphatic rings. The molecule has 0 bridgehead atoms. The standard InChI is InChI=1S/C44H71NO13/c1-3-5-7-9-10-11-12-13-14-15-16-17-18-19-20-21-22-24-26-28-36(49)45-32(33(48)27-25-23-8-6-4-2)31-55-43-41(54)39(52)42(35(30-47)57-43)58-44-40(53)38(51)37(50)34(29-46)56-44/h5,7,10-11,13-14,16-17,19-20,22,24-25,27,32-35,37-44,46-48,50-54H,3-4,6,8-9,12,15,18,21,23,26,28-31H2,1-2H3,(H,45,49)/b7-5-,11-10-,14-13-,17-16-,20-19-,24-22-,27-25+. The van der Waals surface area contributed by atoms with Crippen LogP contribution < -0.4 is 5.32 Å². The van der Waals surface area contributed by atoms with Gasteiger partial charge in [-0.15, -0.1) is 0 Å². The van der Waals surface area contributed by atoms with E-state index in [-0.39, 0.29) is 18.9 Å². The van der Waals surface area contributed by atoms with Crippen molar-refractivity contribution in [1.82, 2.24) is 5.32 Å². The maximum Gasteiger partial charge on any atom is 0.220 e. The van der Waals surface area contributed by atoms with Crippen molar-refractivity contribution in [3.63, 3.8) is 0 Å². The van der Waals surface area contributed by atoms with E-state index in [2.05, 4.69) is 79.9 Å². The van der Waals surface area contributed by atoms with Gasteiger partial charge in [0.05, 0.1) is 32.0 Å². The molecule has 2 saturated heterocycles. The summed E-state index contributed by atoms with van der Waals surface area (Å²) in [5.74, 6) is -0.335. The van der Waals surface area contributed by atoms with E-state index < -0.39 is 86.8 Å². The van der Waals surface area contributed by atoms with Crippen LogP contribution >= 0.6 is 0 Å². The number of aliphatic hydroxyl groups is 8. The average molecular weight is 822 g/mol. The van der Waals surface area contributed by atoms with Crippen LogP contribution in [0.4, 0.5) is 0 Å². The van der Waals surface area contributed by atoms with Crippen LogP contribution in [0, 0.1) is 0 Å². The highest BCUT2D eigenvalue weighted by Crippen LogP contribution is 2.29. The normalized spacial score (nSPS) is 29.7. The van der Waals surface area contributed by atoms with Gasteiger partial charge in [0.15, 0.2) is 12.6 Å². The molecule has 0 aromatic heterocycles. The van der Waals surface area contributed by atoms with Gasteiger partial charge in [0.2, 0.25) is 5.91 Å². The van der Waals surface area contributed by atoms with E-state index in [9.17, 15) is 45.6 Å². The third-order valence-electron chi connectivity index (χ3n) is 9.60. The Labute approximate surface area is 344 Å². The molecule has 1 amide bonds. The van der Waals surface area contributed by atoms with Gasteiger partial charge < -0.3 is 65.1 Å². The van der Waals surface area contributed by atoms with E-state index in [0.717, 1.165) is 64.2 Å². The number of rotatable bonds is 28. The van der Waals surface area contributed by atoms with Crippen molar-refractivity contribution in [3.8, 4) is 0 Å². The van der Waals surface area contributed by atoms with Crippen molar-refractivity contribution in [2.24, 2.45) is 0 Å². The lowest BCUT2D eigenvalue weighted by molar-refractivity contribution is -0.359. The van der Waals surface area contributed by atoms with Crippen LogP contribution in [0.2, 0.25) is 0 Å². The van der Waals surface area contributed by atoms with Crippen molar-refractivity contribution < 1.29 is 64.6 Å². The third kappa shape index (κ3) is 19.5. The first-order chi connectivity index (χ1) is 28.1. The highest BCUT2D eigenvalue weighted by Gasteiger charge is 2.50. The second kappa shape index (κ2) is 31.1. The summed E-state index contributed by atoms with van der Waals surface area (Å²) in [6, 6.07) is -0.955. The first-order valence-electron chi connectivity index (χ1n) is 20.8. The summed E-state index contributed by atoms with van der Waals surface area (Å²) in [7, 11) is 0. The summed E-state index contributed by atoms with van der Waals surface area (Å²) in [5, 5.41) is 85.8. The molecule has 0 radical (unpaired) electrons. The summed E-state index contributed by atoms with van der Waals surface area (Å²) in [6.07, 6.45) is 21.4. The number of aliphatic hydroxyl groups excluding tert-OH is 8. The number of allylic oxidation sites excluding steroid dienone is 13. The van der Waals surface area contributed by atoms with E-state index >= 15 is 0 Å². The lowest BCUT2D eigenvalue weighted by Crippen LogP contribution is -2.65. The van der Waals surface area contributed by atoms with Gasteiger partial charge in [-0.05, 0) is 57.8 Å². The Morgan fingerprint density at radius 2 is 1.17 bits per heavy atom. The van der Waals surface area contributed by atoms with Crippen LogP contribution in [-0.4, -0.2) is 140 Å². The highest BCUT2D eigenvalue weighted by molar-refractivity contribution is 5.76. The molecule has 9 N–H and O–H groups in total. The SMILES string of the molecule is CC/C=C\C/C=C\C/C=C\C/C=C\C/C=C\C/C=C\CCC(=O)NC(COC1OC(CO)C(OC2OC(CO)C(O)C(O)C2O)C(O)C1O)C(O)/C=C/CCCCC. The maximum absolute atomic E-state index is 12.9. The fraction of sp³-hybridized carbons (Fsp3) is 0.659. The first-order valence-corrected chi connectivity index (χ1v) is 20.8. The molecule has 2 rings (SSSR count). The van der Waals surface area contributed by atoms with Crippen LogP contribution in [0.25, 0.3) is 0 Å². The van der Waals surface area contributed by atoms with Crippen LogP contribution in [0.3, 0.4) is 0 Å². The first kappa shape index (κ1) is 51.3. The van der Waals surface area contributed by atoms with Gasteiger partial charge in [-0.25, -0.2) is 0 Å². The summed E-state index contributed by atoms with van der Waals surface area (Å²) in [6.45, 7) is 2.44. The van der Waals surface area contributed by atoms with Gasteiger partial charge in [0.1, 0.15) is 48.8 Å². The molecular weight excluding hydrogens is 750 g/mol. The summed E-state index contributed by atoms with van der Waals surface area (Å²) in [5.41, 5.74) is 0. The molecule has 2 heterocycles. The summed E-state index contributed by atoms with van der Waals surface area (Å²) >= 11 is 0. The maximum atomic E-state index is 12.9. The molecular formula is C44H71NO13. The second-order valence-electron chi connectivity index (χ2n) is 14.4. The third-order valence-corrected chi connectivity index (χ3v) is 9.60. The molecule has 2 aliphatic heterocycles. The zero-order valence-corrected chi connectivity index (χ0v) is 34.2. The summed E-state index contributed by atoms with van der Waals surface area (Å²) < 4.78 is 22.4. The predicted octanol–water partition coefficient (Wildman–Crippen LogP) is 3.09. The van der Waals surface area contributed by atoms with Gasteiger partial charge in [0.25, 0.3) is 0 Å². The van der Waals surface area contributed by atoms with Gasteiger partial charge >= 0.3 is 0 Å². The fourth-order valence-corrected chi connectivity index (χ4v) is 6.13. The molecule has 12 atom stereocenters. The van der Waals surface area contributed by atoms with Gasteiger partial charge in [-0.1, -0.05) is 112 Å². The summed E-state index contributed by atoms with van der Waals surface area (Å²) in [4.78, 5) is 12.9. The monoisotopic (exact) mass is 821 g/mol. The van der Waals surface area contributed by atoms with E-state index in [1.54, 1.807) is 6.08 Å². The van der Waals surface area contributed by atoms with Crippen molar-refractivity contribution >= 4 is 5.91 Å². The van der Waals surface area contributed by atoms with Crippen molar-refractivity contribution in [3.05, 3.63) is 85.1 Å². The molecule has 0 aliphatic carbocycles. The Bertz CT molecular complexity index is 1300. The number of carbonyl (C=O) groups is 1. The van der Waals surface area contributed by atoms with E-state index in [4.69, 9.17) is 18.9 Å². The number of hydrogen-bond donors (Lipinski definition) is 9.